The van der Waals surface area contributed by atoms with Gasteiger partial charge in [0.1, 0.15) is 5.92 Å². The molecule has 2 atom stereocenters. The molecule has 2 rings (SSSR count). The Hall–Kier alpha value is -1.18. The second-order valence-corrected chi connectivity index (χ2v) is 5.67. The standard InChI is InChI=1S/C13H23N3O4/c1-15(11-8-20-7-10(11)13(18)19)12(17)6-16-4-2-9(14)3-5-16/h9-11H,2-8,14H2,1H3,(H,18,19). The molecule has 7 heteroatoms. The predicted octanol–water partition coefficient (Wildman–Crippen LogP) is -1.03. The Morgan fingerprint density at radius 1 is 1.35 bits per heavy atom. The molecule has 2 unspecified atom stereocenters. The van der Waals surface area contributed by atoms with Crippen molar-refractivity contribution in [2.45, 2.75) is 24.9 Å². The summed E-state index contributed by atoms with van der Waals surface area (Å²) in [5.74, 6) is -1.59. The number of piperidine rings is 1. The summed E-state index contributed by atoms with van der Waals surface area (Å²) in [4.78, 5) is 27.0. The van der Waals surface area contributed by atoms with Crippen LogP contribution >= 0.6 is 0 Å². The number of hydrogen-bond donors (Lipinski definition) is 2. The third-order valence-corrected chi connectivity index (χ3v) is 4.25. The molecule has 0 aliphatic carbocycles. The number of nitrogens with zero attached hydrogens (tertiary/aromatic N) is 2. The summed E-state index contributed by atoms with van der Waals surface area (Å²) in [5.41, 5.74) is 5.83. The van der Waals surface area contributed by atoms with Crippen molar-refractivity contribution in [1.82, 2.24) is 9.80 Å². The number of nitrogens with two attached hydrogens (primary N) is 1. The molecule has 3 N–H and O–H groups in total. The van der Waals surface area contributed by atoms with E-state index in [-0.39, 0.29) is 24.6 Å². The Morgan fingerprint density at radius 2 is 2.00 bits per heavy atom. The molecule has 2 aliphatic rings. The number of carbonyl (C=O) groups is 2. The first-order valence-corrected chi connectivity index (χ1v) is 7.03. The molecule has 0 aromatic carbocycles. The minimum atomic E-state index is -0.906. The van der Waals surface area contributed by atoms with Gasteiger partial charge in [0.2, 0.25) is 5.91 Å². The Kier molecular flexibility index (Phi) is 4.95. The molecule has 2 aliphatic heterocycles. The van der Waals surface area contributed by atoms with Gasteiger partial charge < -0.3 is 20.5 Å². The van der Waals surface area contributed by atoms with E-state index in [1.807, 2.05) is 0 Å². The minimum Gasteiger partial charge on any atom is -0.481 e. The molecule has 0 saturated carbocycles. The van der Waals surface area contributed by atoms with Crippen LogP contribution in [0.1, 0.15) is 12.8 Å². The number of ether oxygens (including phenoxy) is 1. The fraction of sp³-hybridized carbons (Fsp3) is 0.846. The maximum Gasteiger partial charge on any atom is 0.311 e. The molecule has 0 aromatic heterocycles. The molecule has 0 bridgehead atoms. The van der Waals surface area contributed by atoms with Crippen LogP contribution in [-0.4, -0.2) is 78.8 Å². The molecule has 2 heterocycles. The number of carboxylic acid groups (broad SMARTS) is 1. The van der Waals surface area contributed by atoms with Gasteiger partial charge in [-0.05, 0) is 12.8 Å². The number of likely N-dealkylation sites (N-methyl/N-ethyl adjacent to an activating group) is 1. The van der Waals surface area contributed by atoms with Gasteiger partial charge >= 0.3 is 5.97 Å². The van der Waals surface area contributed by atoms with E-state index in [0.717, 1.165) is 25.9 Å². The zero-order valence-electron chi connectivity index (χ0n) is 11.8. The highest BCUT2D eigenvalue weighted by Crippen LogP contribution is 2.19. The predicted molar refractivity (Wildman–Crippen MR) is 72.2 cm³/mol. The molecule has 1 amide bonds. The van der Waals surface area contributed by atoms with E-state index in [1.54, 1.807) is 7.05 Å². The molecule has 0 radical (unpaired) electrons. The lowest BCUT2D eigenvalue weighted by molar-refractivity contribution is -0.144. The molecule has 0 aromatic rings. The van der Waals surface area contributed by atoms with Crippen LogP contribution < -0.4 is 5.73 Å². The molecule has 114 valence electrons. The minimum absolute atomic E-state index is 0.0535. The Bertz CT molecular complexity index is 369. The quantitative estimate of drug-likeness (QED) is 0.685. The molecular weight excluding hydrogens is 262 g/mol. The van der Waals surface area contributed by atoms with E-state index >= 15 is 0 Å². The van der Waals surface area contributed by atoms with Crippen LogP contribution in [0.5, 0.6) is 0 Å². The van der Waals surface area contributed by atoms with Crippen molar-refractivity contribution in [3.8, 4) is 0 Å². The highest BCUT2D eigenvalue weighted by Gasteiger charge is 2.38. The average Bonchev–Trinajstić information content (AvgIpc) is 2.90. The number of carbonyl (C=O) groups excluding carboxylic acids is 1. The van der Waals surface area contributed by atoms with Crippen LogP contribution in [0.15, 0.2) is 0 Å². The summed E-state index contributed by atoms with van der Waals surface area (Å²) in [6.07, 6.45) is 1.81. The van der Waals surface area contributed by atoms with Crippen LogP contribution in [0, 0.1) is 5.92 Å². The third kappa shape index (κ3) is 3.47. The molecule has 2 saturated heterocycles. The Morgan fingerprint density at radius 3 is 2.60 bits per heavy atom. The molecule has 7 nitrogen and oxygen atoms in total. The number of hydrogen-bond acceptors (Lipinski definition) is 5. The summed E-state index contributed by atoms with van der Waals surface area (Å²) >= 11 is 0. The fourth-order valence-electron chi connectivity index (χ4n) is 2.76. The summed E-state index contributed by atoms with van der Waals surface area (Å²) in [6, 6.07) is -0.134. The van der Waals surface area contributed by atoms with Gasteiger partial charge in [-0.2, -0.15) is 0 Å². The van der Waals surface area contributed by atoms with Crippen molar-refractivity contribution in [1.29, 1.82) is 0 Å². The van der Waals surface area contributed by atoms with Crippen LogP contribution in [0.4, 0.5) is 0 Å². The maximum atomic E-state index is 12.3. The lowest BCUT2D eigenvalue weighted by atomic mass is 10.0. The molecular formula is C13H23N3O4. The molecule has 2 fully saturated rings. The van der Waals surface area contributed by atoms with Gasteiger partial charge in [-0.15, -0.1) is 0 Å². The fourth-order valence-corrected chi connectivity index (χ4v) is 2.76. The SMILES string of the molecule is CN(C(=O)CN1CCC(N)CC1)C1COCC1C(=O)O. The zero-order chi connectivity index (χ0) is 14.7. The lowest BCUT2D eigenvalue weighted by Crippen LogP contribution is -2.49. The summed E-state index contributed by atoms with van der Waals surface area (Å²) in [7, 11) is 1.66. The largest absolute Gasteiger partial charge is 0.481 e. The second-order valence-electron chi connectivity index (χ2n) is 5.67. The van der Waals surface area contributed by atoms with Gasteiger partial charge in [-0.1, -0.05) is 0 Å². The van der Waals surface area contributed by atoms with Crippen molar-refractivity contribution in [3.63, 3.8) is 0 Å². The smallest absolute Gasteiger partial charge is 0.311 e. The number of rotatable bonds is 4. The lowest BCUT2D eigenvalue weighted by Gasteiger charge is -2.32. The number of amides is 1. The van der Waals surface area contributed by atoms with Gasteiger partial charge in [0.15, 0.2) is 0 Å². The van der Waals surface area contributed by atoms with E-state index < -0.39 is 11.9 Å². The van der Waals surface area contributed by atoms with Gasteiger partial charge in [0, 0.05) is 26.2 Å². The first-order chi connectivity index (χ1) is 9.49. The number of aliphatic carboxylic acids is 1. The number of likely N-dealkylation sites (tertiary alicyclic amines) is 1. The highest BCUT2D eigenvalue weighted by molar-refractivity contribution is 5.80. The molecule has 0 spiro atoms. The maximum absolute atomic E-state index is 12.3. The van der Waals surface area contributed by atoms with Crippen LogP contribution in [0.2, 0.25) is 0 Å². The van der Waals surface area contributed by atoms with Crippen LogP contribution in [0.3, 0.4) is 0 Å². The first-order valence-electron chi connectivity index (χ1n) is 7.03. The van der Waals surface area contributed by atoms with Gasteiger partial charge in [0.25, 0.3) is 0 Å². The summed E-state index contributed by atoms with van der Waals surface area (Å²) in [6.45, 7) is 2.45. The van der Waals surface area contributed by atoms with E-state index in [9.17, 15) is 9.59 Å². The summed E-state index contributed by atoms with van der Waals surface area (Å²) < 4.78 is 5.20. The van der Waals surface area contributed by atoms with E-state index in [0.29, 0.717) is 13.2 Å². The first kappa shape index (κ1) is 15.2. The molecule has 20 heavy (non-hydrogen) atoms. The second kappa shape index (κ2) is 6.51. The van der Waals surface area contributed by atoms with E-state index in [1.165, 1.54) is 4.90 Å². The Labute approximate surface area is 118 Å². The van der Waals surface area contributed by atoms with Crippen LogP contribution in [-0.2, 0) is 14.3 Å². The van der Waals surface area contributed by atoms with Gasteiger partial charge in [0.05, 0.1) is 25.8 Å². The highest BCUT2D eigenvalue weighted by atomic mass is 16.5. The monoisotopic (exact) mass is 285 g/mol. The number of carboxylic acids is 1. The normalized spacial score (nSPS) is 28.5. The Balaban J connectivity index is 1.87. The van der Waals surface area contributed by atoms with Gasteiger partial charge in [-0.3, -0.25) is 14.5 Å². The van der Waals surface area contributed by atoms with Crippen molar-refractivity contribution in [3.05, 3.63) is 0 Å². The zero-order valence-corrected chi connectivity index (χ0v) is 11.8. The average molecular weight is 285 g/mol. The topological polar surface area (TPSA) is 96.1 Å². The van der Waals surface area contributed by atoms with Crippen LogP contribution in [0.25, 0.3) is 0 Å². The third-order valence-electron chi connectivity index (χ3n) is 4.25. The van der Waals surface area contributed by atoms with Crippen molar-refractivity contribution < 1.29 is 19.4 Å². The summed E-state index contributed by atoms with van der Waals surface area (Å²) in [5, 5.41) is 9.12. The van der Waals surface area contributed by atoms with Crippen molar-refractivity contribution >= 4 is 11.9 Å². The van der Waals surface area contributed by atoms with Crippen molar-refractivity contribution in [2.24, 2.45) is 11.7 Å². The van der Waals surface area contributed by atoms with E-state index in [4.69, 9.17) is 15.6 Å². The van der Waals surface area contributed by atoms with Crippen molar-refractivity contribution in [2.75, 3.05) is 39.9 Å². The van der Waals surface area contributed by atoms with Gasteiger partial charge in [-0.25, -0.2) is 0 Å². The van der Waals surface area contributed by atoms with E-state index in [2.05, 4.69) is 4.90 Å².